The molecule has 0 N–H and O–H groups in total. The maximum atomic E-state index is 6.46. The number of benzene rings is 3. The Morgan fingerprint density at radius 1 is 0.567 bits per heavy atom. The van der Waals surface area contributed by atoms with Crippen molar-refractivity contribution in [3.63, 3.8) is 0 Å². The van der Waals surface area contributed by atoms with E-state index in [2.05, 4.69) is 91.8 Å². The minimum absolute atomic E-state index is 0.00618. The molecular weight excluding hydrogens is 368 g/mol. The summed E-state index contributed by atoms with van der Waals surface area (Å²) in [6.45, 7) is 17.5. The average Bonchev–Trinajstić information content (AvgIpc) is 2.64. The standard InChI is InChI=1S/C28H34O2/c1-19-9-13-22(14-10-19)29-25-18-21(27(3,4)5)17-24(28(6,7)8)26(25)30-23-15-11-20(2)12-16-23/h9-18H,1-8H3. The molecule has 0 fully saturated rings. The van der Waals surface area contributed by atoms with Crippen molar-refractivity contribution in [3.05, 3.63) is 82.9 Å². The summed E-state index contributed by atoms with van der Waals surface area (Å²) in [6.07, 6.45) is 0. The SMILES string of the molecule is Cc1ccc(Oc2cc(C(C)(C)C)cc(C(C)(C)C)c2Oc2ccc(C)cc2)cc1. The molecule has 0 heterocycles. The lowest BCUT2D eigenvalue weighted by Crippen LogP contribution is -2.18. The summed E-state index contributed by atoms with van der Waals surface area (Å²) in [5.74, 6) is 3.14. The van der Waals surface area contributed by atoms with E-state index in [0.717, 1.165) is 28.6 Å². The third kappa shape index (κ3) is 5.24. The molecular formula is C28H34O2. The van der Waals surface area contributed by atoms with Gasteiger partial charge >= 0.3 is 0 Å². The predicted octanol–water partition coefficient (Wildman–Crippen LogP) is 8.48. The van der Waals surface area contributed by atoms with Crippen LogP contribution in [0.4, 0.5) is 0 Å². The topological polar surface area (TPSA) is 18.5 Å². The molecule has 0 aliphatic rings. The normalized spacial score (nSPS) is 12.0. The molecule has 0 amide bonds. The number of aryl methyl sites for hydroxylation is 2. The number of ether oxygens (including phenoxy) is 2. The van der Waals surface area contributed by atoms with Crippen LogP contribution in [0.2, 0.25) is 0 Å². The van der Waals surface area contributed by atoms with Gasteiger partial charge in [0.05, 0.1) is 0 Å². The molecule has 0 saturated heterocycles. The van der Waals surface area contributed by atoms with Crippen molar-refractivity contribution in [2.45, 2.75) is 66.2 Å². The van der Waals surface area contributed by atoms with Crippen LogP contribution in [0.5, 0.6) is 23.0 Å². The first kappa shape index (κ1) is 22.0. The van der Waals surface area contributed by atoms with E-state index in [1.165, 1.54) is 16.7 Å². The van der Waals surface area contributed by atoms with E-state index in [9.17, 15) is 0 Å². The van der Waals surface area contributed by atoms with E-state index < -0.39 is 0 Å². The van der Waals surface area contributed by atoms with Gasteiger partial charge < -0.3 is 9.47 Å². The molecule has 0 aromatic heterocycles. The molecule has 3 aromatic rings. The molecule has 2 nitrogen and oxygen atoms in total. The first-order chi connectivity index (χ1) is 13.9. The molecule has 3 rings (SSSR count). The van der Waals surface area contributed by atoms with Gasteiger partial charge in [0, 0.05) is 5.56 Å². The van der Waals surface area contributed by atoms with Crippen molar-refractivity contribution in [1.29, 1.82) is 0 Å². The zero-order chi connectivity index (χ0) is 22.1. The maximum Gasteiger partial charge on any atom is 0.173 e. The summed E-state index contributed by atoms with van der Waals surface area (Å²) in [4.78, 5) is 0. The fourth-order valence-corrected chi connectivity index (χ4v) is 3.23. The molecule has 0 spiro atoms. The second-order valence-corrected chi connectivity index (χ2v) is 10.2. The van der Waals surface area contributed by atoms with E-state index in [1.807, 2.05) is 24.3 Å². The highest BCUT2D eigenvalue weighted by Gasteiger charge is 2.27. The van der Waals surface area contributed by atoms with Gasteiger partial charge in [0.2, 0.25) is 0 Å². The fraction of sp³-hybridized carbons (Fsp3) is 0.357. The Hall–Kier alpha value is -2.74. The van der Waals surface area contributed by atoms with Gasteiger partial charge in [0.15, 0.2) is 11.5 Å². The van der Waals surface area contributed by atoms with E-state index >= 15 is 0 Å². The molecule has 0 bridgehead atoms. The Kier molecular flexibility index (Phi) is 5.99. The van der Waals surface area contributed by atoms with Crippen LogP contribution in [0.15, 0.2) is 60.7 Å². The van der Waals surface area contributed by atoms with Crippen molar-refractivity contribution in [1.82, 2.24) is 0 Å². The highest BCUT2D eigenvalue weighted by Crippen LogP contribution is 2.45. The highest BCUT2D eigenvalue weighted by atomic mass is 16.5. The molecule has 0 aliphatic heterocycles. The fourth-order valence-electron chi connectivity index (χ4n) is 3.23. The summed E-state index contributed by atoms with van der Waals surface area (Å²) in [6, 6.07) is 20.7. The lowest BCUT2D eigenvalue weighted by Gasteiger charge is -2.29. The lowest BCUT2D eigenvalue weighted by atomic mass is 9.80. The number of hydrogen-bond acceptors (Lipinski definition) is 2. The molecule has 2 heteroatoms. The van der Waals surface area contributed by atoms with Crippen LogP contribution in [0, 0.1) is 13.8 Å². The van der Waals surface area contributed by atoms with Crippen LogP contribution in [0.3, 0.4) is 0 Å². The highest BCUT2D eigenvalue weighted by molar-refractivity contribution is 5.56. The van der Waals surface area contributed by atoms with Crippen LogP contribution in [-0.4, -0.2) is 0 Å². The van der Waals surface area contributed by atoms with Gasteiger partial charge in [-0.1, -0.05) is 83.0 Å². The van der Waals surface area contributed by atoms with Gasteiger partial charge in [0.25, 0.3) is 0 Å². The van der Waals surface area contributed by atoms with Gasteiger partial charge in [-0.2, -0.15) is 0 Å². The Morgan fingerprint density at radius 2 is 1.03 bits per heavy atom. The first-order valence-corrected chi connectivity index (χ1v) is 10.6. The first-order valence-electron chi connectivity index (χ1n) is 10.6. The summed E-state index contributed by atoms with van der Waals surface area (Å²) in [5, 5.41) is 0. The van der Waals surface area contributed by atoms with Crippen molar-refractivity contribution < 1.29 is 9.47 Å². The Labute approximate surface area is 181 Å². The third-order valence-corrected chi connectivity index (χ3v) is 5.22. The summed E-state index contributed by atoms with van der Waals surface area (Å²) in [7, 11) is 0. The minimum atomic E-state index is -0.104. The predicted molar refractivity (Wildman–Crippen MR) is 126 cm³/mol. The molecule has 0 atom stereocenters. The van der Waals surface area contributed by atoms with Gasteiger partial charge in [0.1, 0.15) is 11.5 Å². The van der Waals surface area contributed by atoms with Crippen molar-refractivity contribution >= 4 is 0 Å². The molecule has 30 heavy (non-hydrogen) atoms. The molecule has 0 radical (unpaired) electrons. The van der Waals surface area contributed by atoms with Gasteiger partial charge in [-0.05, 0) is 60.6 Å². The molecule has 0 saturated carbocycles. The largest absolute Gasteiger partial charge is 0.453 e. The van der Waals surface area contributed by atoms with E-state index in [1.54, 1.807) is 0 Å². The lowest BCUT2D eigenvalue weighted by molar-refractivity contribution is 0.401. The maximum absolute atomic E-state index is 6.46. The Balaban J connectivity index is 2.18. The molecule has 3 aromatic carbocycles. The van der Waals surface area contributed by atoms with E-state index in [0.29, 0.717) is 0 Å². The number of hydrogen-bond donors (Lipinski definition) is 0. The van der Waals surface area contributed by atoms with Crippen LogP contribution in [0.1, 0.15) is 63.8 Å². The van der Waals surface area contributed by atoms with Crippen molar-refractivity contribution in [3.8, 4) is 23.0 Å². The van der Waals surface area contributed by atoms with E-state index in [4.69, 9.17) is 9.47 Å². The minimum Gasteiger partial charge on any atom is -0.453 e. The second-order valence-electron chi connectivity index (χ2n) is 10.2. The van der Waals surface area contributed by atoms with Gasteiger partial charge in [-0.25, -0.2) is 0 Å². The van der Waals surface area contributed by atoms with Crippen molar-refractivity contribution in [2.24, 2.45) is 0 Å². The summed E-state index contributed by atoms with van der Waals surface area (Å²) >= 11 is 0. The monoisotopic (exact) mass is 402 g/mol. The summed E-state index contributed by atoms with van der Waals surface area (Å²) < 4.78 is 12.9. The average molecular weight is 403 g/mol. The molecule has 0 unspecified atom stereocenters. The smallest absolute Gasteiger partial charge is 0.173 e. The Bertz CT molecular complexity index is 999. The van der Waals surface area contributed by atoms with Gasteiger partial charge in [-0.3, -0.25) is 0 Å². The van der Waals surface area contributed by atoms with Crippen molar-refractivity contribution in [2.75, 3.05) is 0 Å². The van der Waals surface area contributed by atoms with Crippen LogP contribution in [-0.2, 0) is 10.8 Å². The molecule has 158 valence electrons. The Morgan fingerprint density at radius 3 is 1.47 bits per heavy atom. The van der Waals surface area contributed by atoms with Crippen LogP contribution in [0.25, 0.3) is 0 Å². The zero-order valence-electron chi connectivity index (χ0n) is 19.6. The van der Waals surface area contributed by atoms with Gasteiger partial charge in [-0.15, -0.1) is 0 Å². The number of rotatable bonds is 4. The third-order valence-electron chi connectivity index (χ3n) is 5.22. The van der Waals surface area contributed by atoms with E-state index in [-0.39, 0.29) is 10.8 Å². The summed E-state index contributed by atoms with van der Waals surface area (Å²) in [5.41, 5.74) is 4.67. The van der Waals surface area contributed by atoms with Crippen LogP contribution >= 0.6 is 0 Å². The second kappa shape index (κ2) is 8.18. The quantitative estimate of drug-likeness (QED) is 0.435. The molecule has 0 aliphatic carbocycles. The van der Waals surface area contributed by atoms with Crippen LogP contribution < -0.4 is 9.47 Å². The zero-order valence-corrected chi connectivity index (χ0v) is 19.6.